The lowest BCUT2D eigenvalue weighted by atomic mass is 9.90. The molecule has 3 aliphatic rings. The second-order valence-corrected chi connectivity index (χ2v) is 7.01. The van der Waals surface area contributed by atoms with E-state index in [0.717, 1.165) is 41.2 Å². The van der Waals surface area contributed by atoms with Gasteiger partial charge in [0.05, 0.1) is 11.6 Å². The first-order valence-corrected chi connectivity index (χ1v) is 8.79. The molecule has 0 N–H and O–H groups in total. The lowest BCUT2D eigenvalue weighted by Crippen LogP contribution is -2.31. The molecular weight excluding hydrogens is 370 g/mol. The quantitative estimate of drug-likeness (QED) is 0.740. The van der Waals surface area contributed by atoms with E-state index in [1.807, 2.05) is 6.07 Å². The molecule has 0 unspecified atom stereocenters. The molecule has 5 heteroatoms. The molecule has 2 aromatic carbocycles. The molecule has 0 spiro atoms. The number of benzene rings is 2. The van der Waals surface area contributed by atoms with Gasteiger partial charge in [0, 0.05) is 24.4 Å². The van der Waals surface area contributed by atoms with Crippen molar-refractivity contribution in [2.45, 2.75) is 13.0 Å². The van der Waals surface area contributed by atoms with Crippen molar-refractivity contribution in [1.82, 2.24) is 4.90 Å². The summed E-state index contributed by atoms with van der Waals surface area (Å²) in [7, 11) is 1.70. The van der Waals surface area contributed by atoms with Gasteiger partial charge in [-0.3, -0.25) is 0 Å². The summed E-state index contributed by atoms with van der Waals surface area (Å²) in [5.41, 5.74) is 6.36. The van der Waals surface area contributed by atoms with Crippen LogP contribution in [0.1, 0.15) is 22.3 Å². The van der Waals surface area contributed by atoms with Crippen molar-refractivity contribution in [3.05, 3.63) is 51.0 Å². The minimum atomic E-state index is 0.316. The van der Waals surface area contributed by atoms with Crippen LogP contribution in [0.25, 0.3) is 11.8 Å². The van der Waals surface area contributed by atoms with E-state index in [4.69, 9.17) is 14.2 Å². The zero-order valence-electron chi connectivity index (χ0n) is 13.3. The van der Waals surface area contributed by atoms with E-state index in [9.17, 15) is 0 Å². The Morgan fingerprint density at radius 3 is 2.83 bits per heavy atom. The Hall–Kier alpha value is -2.14. The van der Waals surface area contributed by atoms with Crippen LogP contribution in [-0.2, 0) is 13.0 Å². The smallest absolute Gasteiger partial charge is 0.231 e. The van der Waals surface area contributed by atoms with Gasteiger partial charge in [0.15, 0.2) is 11.5 Å². The topological polar surface area (TPSA) is 30.9 Å². The molecule has 2 aromatic rings. The Morgan fingerprint density at radius 2 is 2.00 bits per heavy atom. The van der Waals surface area contributed by atoms with E-state index >= 15 is 0 Å². The molecule has 24 heavy (non-hydrogen) atoms. The fourth-order valence-corrected chi connectivity index (χ4v) is 4.36. The third-order valence-electron chi connectivity index (χ3n) is 4.97. The number of hydrogen-bond donors (Lipinski definition) is 0. The van der Waals surface area contributed by atoms with E-state index in [2.05, 4.69) is 45.1 Å². The molecule has 0 bridgehead atoms. The minimum absolute atomic E-state index is 0.316. The highest BCUT2D eigenvalue weighted by Crippen LogP contribution is 2.44. The Labute approximate surface area is 148 Å². The fraction of sp³-hybridized carbons (Fsp3) is 0.263. The molecule has 122 valence electrons. The summed E-state index contributed by atoms with van der Waals surface area (Å²) in [5.74, 6) is 2.59. The zero-order chi connectivity index (χ0) is 16.3. The molecule has 5 rings (SSSR count). The van der Waals surface area contributed by atoms with Crippen LogP contribution in [0.3, 0.4) is 0 Å². The summed E-state index contributed by atoms with van der Waals surface area (Å²) in [5, 5.41) is 0. The first kappa shape index (κ1) is 14.2. The standard InChI is InChI=1S/C19H16BrNO3/c1-22-16-3-2-11-6-15-13-8-18-17(23-10-24-18)7-12(13)4-5-21(15)9-14(11)19(16)20/h2-3,6-8H,4-5,9-10H2,1H3. The van der Waals surface area contributed by atoms with Crippen LogP contribution in [0.5, 0.6) is 17.2 Å². The highest BCUT2D eigenvalue weighted by Gasteiger charge is 2.29. The van der Waals surface area contributed by atoms with Gasteiger partial charge in [0.25, 0.3) is 0 Å². The highest BCUT2D eigenvalue weighted by molar-refractivity contribution is 9.10. The Kier molecular flexibility index (Phi) is 3.07. The van der Waals surface area contributed by atoms with E-state index in [-0.39, 0.29) is 0 Å². The molecule has 3 heterocycles. The third kappa shape index (κ3) is 1.97. The van der Waals surface area contributed by atoms with Crippen LogP contribution in [0.15, 0.2) is 28.7 Å². The normalized spacial score (nSPS) is 16.9. The number of halogens is 1. The first-order chi connectivity index (χ1) is 11.7. The van der Waals surface area contributed by atoms with Gasteiger partial charge in [0.1, 0.15) is 5.75 Å². The number of nitrogens with zero attached hydrogens (tertiary/aromatic N) is 1. The number of fused-ring (bicyclic) bond motifs is 5. The van der Waals surface area contributed by atoms with Gasteiger partial charge in [-0.15, -0.1) is 0 Å². The Bertz CT molecular complexity index is 891. The molecule has 0 radical (unpaired) electrons. The van der Waals surface area contributed by atoms with Crippen molar-refractivity contribution in [3.8, 4) is 17.2 Å². The molecule has 0 saturated heterocycles. The summed E-state index contributed by atoms with van der Waals surface area (Å²) in [6.07, 6.45) is 3.28. The van der Waals surface area contributed by atoms with Gasteiger partial charge in [-0.1, -0.05) is 6.07 Å². The van der Waals surface area contributed by atoms with Crippen molar-refractivity contribution in [2.24, 2.45) is 0 Å². The van der Waals surface area contributed by atoms with Crippen molar-refractivity contribution >= 4 is 27.7 Å². The van der Waals surface area contributed by atoms with Crippen LogP contribution >= 0.6 is 15.9 Å². The average Bonchev–Trinajstić information content (AvgIpc) is 3.06. The lowest BCUT2D eigenvalue weighted by Gasteiger charge is -2.37. The summed E-state index contributed by atoms with van der Waals surface area (Å²) >= 11 is 3.70. The molecule has 3 aliphatic heterocycles. The van der Waals surface area contributed by atoms with Gasteiger partial charge < -0.3 is 19.1 Å². The van der Waals surface area contributed by atoms with Crippen LogP contribution in [0.4, 0.5) is 0 Å². The van der Waals surface area contributed by atoms with E-state index in [0.29, 0.717) is 6.79 Å². The van der Waals surface area contributed by atoms with Crippen molar-refractivity contribution in [2.75, 3.05) is 20.4 Å². The maximum absolute atomic E-state index is 5.57. The predicted octanol–water partition coefficient (Wildman–Crippen LogP) is 4.06. The summed E-state index contributed by atoms with van der Waals surface area (Å²) in [6.45, 7) is 2.20. The van der Waals surface area contributed by atoms with Crippen LogP contribution in [0.2, 0.25) is 0 Å². The van der Waals surface area contributed by atoms with E-state index in [1.54, 1.807) is 7.11 Å². The Morgan fingerprint density at radius 1 is 1.17 bits per heavy atom. The molecule has 0 amide bonds. The number of hydrogen-bond acceptors (Lipinski definition) is 4. The van der Waals surface area contributed by atoms with Crippen LogP contribution < -0.4 is 14.2 Å². The number of methoxy groups -OCH3 is 1. The summed E-state index contributed by atoms with van der Waals surface area (Å²) in [6, 6.07) is 8.40. The van der Waals surface area contributed by atoms with Gasteiger partial charge in [-0.25, -0.2) is 0 Å². The number of rotatable bonds is 1. The second kappa shape index (κ2) is 5.18. The maximum atomic E-state index is 5.57. The SMILES string of the molecule is COc1ccc2c(c1Br)CN1CCc3cc4c(cc3C1=C2)OCO4. The molecule has 0 aromatic heterocycles. The molecule has 0 fully saturated rings. The fourth-order valence-electron chi connectivity index (χ4n) is 3.72. The van der Waals surface area contributed by atoms with E-state index < -0.39 is 0 Å². The molecule has 0 atom stereocenters. The van der Waals surface area contributed by atoms with Crippen LogP contribution in [-0.4, -0.2) is 25.3 Å². The average molecular weight is 386 g/mol. The number of ether oxygens (including phenoxy) is 3. The van der Waals surface area contributed by atoms with Gasteiger partial charge in [0.2, 0.25) is 6.79 Å². The summed E-state index contributed by atoms with van der Waals surface area (Å²) in [4.78, 5) is 2.43. The van der Waals surface area contributed by atoms with Crippen LogP contribution in [0, 0.1) is 0 Å². The van der Waals surface area contributed by atoms with Gasteiger partial charge in [-0.05, 0) is 63.3 Å². The monoisotopic (exact) mass is 385 g/mol. The van der Waals surface area contributed by atoms with E-state index in [1.165, 1.54) is 28.0 Å². The Balaban J connectivity index is 1.66. The highest BCUT2D eigenvalue weighted by atomic mass is 79.9. The molecule has 0 saturated carbocycles. The molecule has 4 nitrogen and oxygen atoms in total. The van der Waals surface area contributed by atoms with Crippen molar-refractivity contribution in [3.63, 3.8) is 0 Å². The van der Waals surface area contributed by atoms with Gasteiger partial charge in [-0.2, -0.15) is 0 Å². The first-order valence-electron chi connectivity index (χ1n) is 7.99. The lowest BCUT2D eigenvalue weighted by molar-refractivity contribution is 0.174. The van der Waals surface area contributed by atoms with Crippen molar-refractivity contribution < 1.29 is 14.2 Å². The zero-order valence-corrected chi connectivity index (χ0v) is 14.9. The second-order valence-electron chi connectivity index (χ2n) is 6.21. The minimum Gasteiger partial charge on any atom is -0.496 e. The third-order valence-corrected chi connectivity index (χ3v) is 5.84. The molecule has 0 aliphatic carbocycles. The van der Waals surface area contributed by atoms with Gasteiger partial charge >= 0.3 is 0 Å². The largest absolute Gasteiger partial charge is 0.496 e. The predicted molar refractivity (Wildman–Crippen MR) is 95.2 cm³/mol. The van der Waals surface area contributed by atoms with Crippen molar-refractivity contribution in [1.29, 1.82) is 0 Å². The maximum Gasteiger partial charge on any atom is 0.231 e. The summed E-state index contributed by atoms with van der Waals surface area (Å²) < 4.78 is 17.6. The molecular formula is C19H16BrNO3.